The van der Waals surface area contributed by atoms with Crippen molar-refractivity contribution in [2.75, 3.05) is 26.7 Å². The first kappa shape index (κ1) is 17.9. The van der Waals surface area contributed by atoms with E-state index >= 15 is 0 Å². The van der Waals surface area contributed by atoms with Crippen molar-refractivity contribution in [1.82, 2.24) is 15.5 Å². The maximum absolute atomic E-state index is 12.1. The van der Waals surface area contributed by atoms with Crippen molar-refractivity contribution in [2.24, 2.45) is 16.8 Å². The molecule has 2 atom stereocenters. The average Bonchev–Trinajstić information content (AvgIpc) is 3.17. The van der Waals surface area contributed by atoms with Crippen LogP contribution in [0.2, 0.25) is 0 Å². The van der Waals surface area contributed by atoms with Gasteiger partial charge in [0, 0.05) is 32.7 Å². The van der Waals surface area contributed by atoms with Gasteiger partial charge < -0.3 is 20.3 Å². The summed E-state index contributed by atoms with van der Waals surface area (Å²) in [4.78, 5) is 18.2. The van der Waals surface area contributed by atoms with Crippen molar-refractivity contribution in [3.05, 3.63) is 0 Å². The Morgan fingerprint density at radius 2 is 1.91 bits per heavy atom. The second-order valence-corrected chi connectivity index (χ2v) is 7.83. The molecular formula is C17H32N4O2. The summed E-state index contributed by atoms with van der Waals surface area (Å²) in [6.07, 6.45) is 3.05. The second kappa shape index (κ2) is 7.41. The Bertz CT molecular complexity index is 436. The first-order valence-corrected chi connectivity index (χ1v) is 8.73. The summed E-state index contributed by atoms with van der Waals surface area (Å²) in [6, 6.07) is 0.579. The van der Waals surface area contributed by atoms with Gasteiger partial charge in [-0.25, -0.2) is 4.79 Å². The molecule has 23 heavy (non-hydrogen) atoms. The molecule has 0 radical (unpaired) electrons. The summed E-state index contributed by atoms with van der Waals surface area (Å²) in [7, 11) is 1.81. The third-order valence-electron chi connectivity index (χ3n) is 4.48. The molecule has 2 aliphatic rings. The topological polar surface area (TPSA) is 66.0 Å². The molecule has 1 amide bonds. The van der Waals surface area contributed by atoms with E-state index in [-0.39, 0.29) is 6.09 Å². The van der Waals surface area contributed by atoms with E-state index in [4.69, 9.17) is 4.74 Å². The van der Waals surface area contributed by atoms with Crippen molar-refractivity contribution in [3.8, 4) is 0 Å². The van der Waals surface area contributed by atoms with Crippen LogP contribution in [-0.2, 0) is 4.74 Å². The van der Waals surface area contributed by atoms with Gasteiger partial charge in [0.05, 0.1) is 0 Å². The standard InChI is InChI=1S/C17H32N4O2/c1-12-10-14(12)20-15(18-5)19-11-13-6-8-21(9-7-13)16(22)23-17(2,3)4/h12-14H,6-11H2,1-5H3,(H2,18,19,20). The van der Waals surface area contributed by atoms with E-state index in [0.29, 0.717) is 12.0 Å². The minimum absolute atomic E-state index is 0.191. The lowest BCUT2D eigenvalue weighted by Crippen LogP contribution is -2.45. The third-order valence-corrected chi connectivity index (χ3v) is 4.48. The van der Waals surface area contributed by atoms with E-state index in [2.05, 4.69) is 22.5 Å². The normalized spacial score (nSPS) is 26.0. The number of hydrogen-bond donors (Lipinski definition) is 2. The number of piperidine rings is 1. The van der Waals surface area contributed by atoms with Gasteiger partial charge in [-0.1, -0.05) is 6.92 Å². The van der Waals surface area contributed by atoms with Crippen LogP contribution in [0, 0.1) is 11.8 Å². The number of amides is 1. The van der Waals surface area contributed by atoms with Crippen LogP contribution in [0.3, 0.4) is 0 Å². The fraction of sp³-hybridized carbons (Fsp3) is 0.882. The molecule has 0 aromatic heterocycles. The van der Waals surface area contributed by atoms with E-state index in [1.54, 1.807) is 0 Å². The van der Waals surface area contributed by atoms with E-state index in [1.807, 2.05) is 32.7 Å². The Balaban J connectivity index is 1.67. The molecule has 1 saturated heterocycles. The molecule has 2 N–H and O–H groups in total. The van der Waals surface area contributed by atoms with Gasteiger partial charge in [0.15, 0.2) is 5.96 Å². The van der Waals surface area contributed by atoms with Gasteiger partial charge in [0.2, 0.25) is 0 Å². The van der Waals surface area contributed by atoms with Crippen molar-refractivity contribution >= 4 is 12.1 Å². The lowest BCUT2D eigenvalue weighted by Gasteiger charge is -2.33. The summed E-state index contributed by atoms with van der Waals surface area (Å²) in [5.41, 5.74) is -0.423. The van der Waals surface area contributed by atoms with E-state index in [9.17, 15) is 4.79 Å². The van der Waals surface area contributed by atoms with Gasteiger partial charge >= 0.3 is 6.09 Å². The highest BCUT2D eigenvalue weighted by molar-refractivity contribution is 5.80. The predicted molar refractivity (Wildman–Crippen MR) is 92.6 cm³/mol. The average molecular weight is 324 g/mol. The smallest absolute Gasteiger partial charge is 0.410 e. The maximum Gasteiger partial charge on any atom is 0.410 e. The van der Waals surface area contributed by atoms with Crippen LogP contribution >= 0.6 is 0 Å². The summed E-state index contributed by atoms with van der Waals surface area (Å²) in [5, 5.41) is 6.85. The summed E-state index contributed by atoms with van der Waals surface area (Å²) in [5.74, 6) is 2.23. The van der Waals surface area contributed by atoms with Gasteiger partial charge in [0.25, 0.3) is 0 Å². The summed E-state index contributed by atoms with van der Waals surface area (Å²) < 4.78 is 5.43. The monoisotopic (exact) mass is 324 g/mol. The van der Waals surface area contributed by atoms with Crippen LogP contribution < -0.4 is 10.6 Å². The number of nitrogens with one attached hydrogen (secondary N) is 2. The largest absolute Gasteiger partial charge is 0.444 e. The van der Waals surface area contributed by atoms with Crippen molar-refractivity contribution in [2.45, 2.75) is 58.6 Å². The number of guanidine groups is 1. The van der Waals surface area contributed by atoms with Gasteiger partial charge in [0.1, 0.15) is 5.60 Å². The number of carbonyl (C=O) groups is 1. The van der Waals surface area contributed by atoms with Crippen molar-refractivity contribution < 1.29 is 9.53 Å². The SMILES string of the molecule is CN=C(NCC1CCN(C(=O)OC(C)(C)C)CC1)NC1CC1C. The molecule has 2 fully saturated rings. The fourth-order valence-corrected chi connectivity index (χ4v) is 2.78. The van der Waals surface area contributed by atoms with Gasteiger partial charge in [-0.2, -0.15) is 0 Å². The number of rotatable bonds is 3. The Kier molecular flexibility index (Phi) is 5.76. The highest BCUT2D eigenvalue weighted by atomic mass is 16.6. The Hall–Kier alpha value is -1.46. The predicted octanol–water partition coefficient (Wildman–Crippen LogP) is 2.21. The van der Waals surface area contributed by atoms with Crippen LogP contribution in [0.25, 0.3) is 0 Å². The molecule has 1 saturated carbocycles. The molecule has 6 heteroatoms. The van der Waals surface area contributed by atoms with Crippen LogP contribution in [-0.4, -0.2) is 55.3 Å². The van der Waals surface area contributed by atoms with Crippen molar-refractivity contribution in [1.29, 1.82) is 0 Å². The molecule has 6 nitrogen and oxygen atoms in total. The number of carbonyl (C=O) groups excluding carboxylic acids is 1. The Morgan fingerprint density at radius 3 is 2.39 bits per heavy atom. The number of likely N-dealkylation sites (tertiary alicyclic amines) is 1. The van der Waals surface area contributed by atoms with Gasteiger partial charge in [-0.3, -0.25) is 4.99 Å². The number of aliphatic imine (C=N–C) groups is 1. The van der Waals surface area contributed by atoms with Crippen LogP contribution in [0.5, 0.6) is 0 Å². The molecule has 1 aliphatic heterocycles. The Morgan fingerprint density at radius 1 is 1.30 bits per heavy atom. The molecule has 0 aromatic rings. The van der Waals surface area contributed by atoms with Crippen LogP contribution in [0.1, 0.15) is 47.0 Å². The van der Waals surface area contributed by atoms with Gasteiger partial charge in [-0.15, -0.1) is 0 Å². The third kappa shape index (κ3) is 5.92. The maximum atomic E-state index is 12.1. The number of hydrogen-bond acceptors (Lipinski definition) is 3. The quantitative estimate of drug-likeness (QED) is 0.617. The molecule has 1 aliphatic carbocycles. The summed E-state index contributed by atoms with van der Waals surface area (Å²) in [6.45, 7) is 10.4. The lowest BCUT2D eigenvalue weighted by molar-refractivity contribution is 0.0185. The molecule has 0 bridgehead atoms. The summed E-state index contributed by atoms with van der Waals surface area (Å²) >= 11 is 0. The minimum atomic E-state index is -0.423. The second-order valence-electron chi connectivity index (χ2n) is 7.83. The van der Waals surface area contributed by atoms with E-state index in [0.717, 1.165) is 44.4 Å². The highest BCUT2D eigenvalue weighted by Gasteiger charge is 2.33. The van der Waals surface area contributed by atoms with Crippen LogP contribution in [0.4, 0.5) is 4.79 Å². The highest BCUT2D eigenvalue weighted by Crippen LogP contribution is 2.28. The minimum Gasteiger partial charge on any atom is -0.444 e. The lowest BCUT2D eigenvalue weighted by atomic mass is 9.97. The molecule has 2 rings (SSSR count). The molecule has 2 unspecified atom stereocenters. The van der Waals surface area contributed by atoms with Crippen LogP contribution in [0.15, 0.2) is 4.99 Å². The number of ether oxygens (including phenoxy) is 1. The zero-order chi connectivity index (χ0) is 17.0. The zero-order valence-corrected chi connectivity index (χ0v) is 15.2. The number of nitrogens with zero attached hydrogens (tertiary/aromatic N) is 2. The fourth-order valence-electron chi connectivity index (χ4n) is 2.78. The van der Waals surface area contributed by atoms with Gasteiger partial charge in [-0.05, 0) is 51.9 Å². The Labute approximate surface area is 140 Å². The zero-order valence-electron chi connectivity index (χ0n) is 15.2. The van der Waals surface area contributed by atoms with Crippen molar-refractivity contribution in [3.63, 3.8) is 0 Å². The first-order chi connectivity index (χ1) is 10.8. The molecule has 1 heterocycles. The van der Waals surface area contributed by atoms with E-state index < -0.39 is 5.60 Å². The molecule has 132 valence electrons. The molecule has 0 aromatic carbocycles. The molecular weight excluding hydrogens is 292 g/mol. The molecule has 0 spiro atoms. The van der Waals surface area contributed by atoms with E-state index in [1.165, 1.54) is 6.42 Å². The first-order valence-electron chi connectivity index (χ1n) is 8.73.